The van der Waals surface area contributed by atoms with E-state index in [4.69, 9.17) is 0 Å². The number of rotatable bonds is 4. The Balaban J connectivity index is 2.75. The Labute approximate surface area is 92.3 Å². The molecule has 0 aliphatic carbocycles. The van der Waals surface area contributed by atoms with Gasteiger partial charge in [0.15, 0.2) is 0 Å². The van der Waals surface area contributed by atoms with Crippen LogP contribution in [0.1, 0.15) is 10.5 Å². The van der Waals surface area contributed by atoms with Crippen LogP contribution in [0.4, 0.5) is 14.5 Å². The van der Waals surface area contributed by atoms with Crippen molar-refractivity contribution in [1.82, 2.24) is 9.88 Å². The second-order valence-corrected chi connectivity index (χ2v) is 3.40. The Morgan fingerprint density at radius 2 is 2.25 bits per heavy atom. The number of anilines is 1. The maximum Gasteiger partial charge on any atom is 0.272 e. The van der Waals surface area contributed by atoms with Crippen LogP contribution >= 0.6 is 0 Å². The molecule has 0 bridgehead atoms. The minimum atomic E-state index is -2.43. The van der Waals surface area contributed by atoms with Gasteiger partial charge in [-0.15, -0.1) is 0 Å². The smallest absolute Gasteiger partial charge is 0.272 e. The summed E-state index contributed by atoms with van der Waals surface area (Å²) in [7, 11) is 3.20. The fourth-order valence-corrected chi connectivity index (χ4v) is 1.08. The zero-order chi connectivity index (χ0) is 12.1. The largest absolute Gasteiger partial charge is 0.379 e. The van der Waals surface area contributed by atoms with Crippen molar-refractivity contribution in [3.8, 4) is 0 Å². The molecule has 1 N–H and O–H groups in total. The lowest BCUT2D eigenvalue weighted by Crippen LogP contribution is -2.23. The highest BCUT2D eigenvalue weighted by Gasteiger charge is 2.10. The first kappa shape index (κ1) is 12.4. The Morgan fingerprint density at radius 1 is 1.56 bits per heavy atom. The van der Waals surface area contributed by atoms with Gasteiger partial charge in [0.25, 0.3) is 12.3 Å². The quantitative estimate of drug-likeness (QED) is 0.850. The molecule has 0 aliphatic rings. The summed E-state index contributed by atoms with van der Waals surface area (Å²) in [6, 6.07) is 2.99. The van der Waals surface area contributed by atoms with E-state index in [1.807, 2.05) is 0 Å². The van der Waals surface area contributed by atoms with Gasteiger partial charge in [-0.25, -0.2) is 8.78 Å². The van der Waals surface area contributed by atoms with Crippen LogP contribution in [0.5, 0.6) is 0 Å². The van der Waals surface area contributed by atoms with Gasteiger partial charge in [0, 0.05) is 26.0 Å². The summed E-state index contributed by atoms with van der Waals surface area (Å²) in [5.74, 6) is -0.263. The average molecular weight is 229 g/mol. The van der Waals surface area contributed by atoms with E-state index in [0.29, 0.717) is 5.69 Å². The predicted molar refractivity (Wildman–Crippen MR) is 56.7 cm³/mol. The average Bonchev–Trinajstić information content (AvgIpc) is 2.25. The molecule has 0 aliphatic heterocycles. The molecule has 1 heterocycles. The molecule has 6 heteroatoms. The first-order valence-corrected chi connectivity index (χ1v) is 4.70. The predicted octanol–water partition coefficient (Wildman–Crippen LogP) is 1.46. The van der Waals surface area contributed by atoms with Crippen LogP contribution in [0.3, 0.4) is 0 Å². The zero-order valence-electron chi connectivity index (χ0n) is 9.08. The maximum atomic E-state index is 12.0. The number of hydrogen-bond donors (Lipinski definition) is 1. The van der Waals surface area contributed by atoms with E-state index >= 15 is 0 Å². The second-order valence-electron chi connectivity index (χ2n) is 3.40. The van der Waals surface area contributed by atoms with Crippen molar-refractivity contribution in [3.63, 3.8) is 0 Å². The SMILES string of the molecule is CN(C)C(=O)c1cc(NCC(F)F)ccn1. The molecule has 0 unspecified atom stereocenters. The molecule has 1 aromatic heterocycles. The standard InChI is InChI=1S/C10H13F2N3O/c1-15(2)10(16)8-5-7(3-4-13-8)14-6-9(11)12/h3-5,9H,6H2,1-2H3,(H,13,14). The van der Waals surface area contributed by atoms with Crippen LogP contribution in [0.2, 0.25) is 0 Å². The van der Waals surface area contributed by atoms with E-state index in [1.165, 1.54) is 23.2 Å². The van der Waals surface area contributed by atoms with Gasteiger partial charge in [0.1, 0.15) is 5.69 Å². The van der Waals surface area contributed by atoms with Crippen molar-refractivity contribution in [2.75, 3.05) is 26.0 Å². The number of pyridine rings is 1. The van der Waals surface area contributed by atoms with Crippen molar-refractivity contribution in [1.29, 1.82) is 0 Å². The number of alkyl halides is 2. The van der Waals surface area contributed by atoms with Crippen LogP contribution in [-0.4, -0.2) is 42.9 Å². The number of nitrogens with one attached hydrogen (secondary N) is 1. The highest BCUT2D eigenvalue weighted by molar-refractivity contribution is 5.92. The fraction of sp³-hybridized carbons (Fsp3) is 0.400. The summed E-state index contributed by atoms with van der Waals surface area (Å²) in [6.07, 6.45) is -1.02. The van der Waals surface area contributed by atoms with Gasteiger partial charge in [0.2, 0.25) is 0 Å². The Bertz CT molecular complexity index is 369. The number of carbonyl (C=O) groups is 1. The third-order valence-corrected chi connectivity index (χ3v) is 1.85. The summed E-state index contributed by atoms with van der Waals surface area (Å²) in [5, 5.41) is 2.52. The first-order valence-electron chi connectivity index (χ1n) is 4.70. The van der Waals surface area contributed by atoms with E-state index in [2.05, 4.69) is 10.3 Å². The van der Waals surface area contributed by atoms with E-state index in [0.717, 1.165) is 0 Å². The van der Waals surface area contributed by atoms with Crippen molar-refractivity contribution in [2.45, 2.75) is 6.43 Å². The van der Waals surface area contributed by atoms with Crippen molar-refractivity contribution in [3.05, 3.63) is 24.0 Å². The number of halogens is 2. The van der Waals surface area contributed by atoms with Crippen molar-refractivity contribution in [2.24, 2.45) is 0 Å². The number of nitrogens with zero attached hydrogens (tertiary/aromatic N) is 2. The fourth-order valence-electron chi connectivity index (χ4n) is 1.08. The minimum Gasteiger partial charge on any atom is -0.379 e. The molecule has 4 nitrogen and oxygen atoms in total. The summed E-state index contributed by atoms with van der Waals surface area (Å²) in [5.41, 5.74) is 0.685. The zero-order valence-corrected chi connectivity index (χ0v) is 9.08. The number of carbonyl (C=O) groups excluding carboxylic acids is 1. The molecule has 0 saturated heterocycles. The molecule has 1 amide bonds. The molecule has 0 saturated carbocycles. The lowest BCUT2D eigenvalue weighted by atomic mass is 10.3. The first-order chi connectivity index (χ1) is 7.50. The normalized spacial score (nSPS) is 10.3. The van der Waals surface area contributed by atoms with Crippen LogP contribution in [0, 0.1) is 0 Å². The third-order valence-electron chi connectivity index (χ3n) is 1.85. The maximum absolute atomic E-state index is 12.0. The second kappa shape index (κ2) is 5.39. The molecular formula is C10H13F2N3O. The molecule has 0 radical (unpaired) electrons. The Kier molecular flexibility index (Phi) is 4.16. The molecule has 0 spiro atoms. The summed E-state index contributed by atoms with van der Waals surface area (Å²) < 4.78 is 23.9. The van der Waals surface area contributed by atoms with Crippen LogP contribution < -0.4 is 5.32 Å². The van der Waals surface area contributed by atoms with Crippen LogP contribution in [0.15, 0.2) is 18.3 Å². The van der Waals surface area contributed by atoms with Gasteiger partial charge < -0.3 is 10.2 Å². The molecule has 16 heavy (non-hydrogen) atoms. The molecule has 1 rings (SSSR count). The van der Waals surface area contributed by atoms with E-state index in [-0.39, 0.29) is 11.6 Å². The number of hydrogen-bond acceptors (Lipinski definition) is 3. The molecular weight excluding hydrogens is 216 g/mol. The molecule has 0 aromatic carbocycles. The summed E-state index contributed by atoms with van der Waals surface area (Å²) >= 11 is 0. The van der Waals surface area contributed by atoms with E-state index in [9.17, 15) is 13.6 Å². The Hall–Kier alpha value is -1.72. The molecule has 0 fully saturated rings. The molecule has 1 aromatic rings. The number of aromatic nitrogens is 1. The van der Waals surface area contributed by atoms with Crippen molar-refractivity contribution < 1.29 is 13.6 Å². The van der Waals surface area contributed by atoms with Crippen molar-refractivity contribution >= 4 is 11.6 Å². The summed E-state index contributed by atoms with van der Waals surface area (Å²) in [4.78, 5) is 16.8. The number of amides is 1. The monoisotopic (exact) mass is 229 g/mol. The topological polar surface area (TPSA) is 45.2 Å². The van der Waals surface area contributed by atoms with Gasteiger partial charge in [-0.1, -0.05) is 0 Å². The van der Waals surface area contributed by atoms with Gasteiger partial charge in [-0.2, -0.15) is 0 Å². The lowest BCUT2D eigenvalue weighted by Gasteiger charge is -2.11. The molecule has 0 atom stereocenters. The van der Waals surface area contributed by atoms with Gasteiger partial charge in [-0.3, -0.25) is 9.78 Å². The third kappa shape index (κ3) is 3.45. The Morgan fingerprint density at radius 3 is 2.81 bits per heavy atom. The minimum absolute atomic E-state index is 0.226. The van der Waals surface area contributed by atoms with E-state index in [1.54, 1.807) is 14.1 Å². The van der Waals surface area contributed by atoms with Crippen LogP contribution in [0.25, 0.3) is 0 Å². The molecule has 88 valence electrons. The lowest BCUT2D eigenvalue weighted by molar-refractivity contribution is 0.0822. The highest BCUT2D eigenvalue weighted by Crippen LogP contribution is 2.09. The van der Waals surface area contributed by atoms with Crippen LogP contribution in [-0.2, 0) is 0 Å². The van der Waals surface area contributed by atoms with E-state index < -0.39 is 13.0 Å². The summed E-state index contributed by atoms with van der Waals surface area (Å²) in [6.45, 7) is -0.445. The highest BCUT2D eigenvalue weighted by atomic mass is 19.3. The van der Waals surface area contributed by atoms with Gasteiger partial charge in [-0.05, 0) is 12.1 Å². The van der Waals surface area contributed by atoms with Gasteiger partial charge >= 0.3 is 0 Å². The van der Waals surface area contributed by atoms with Gasteiger partial charge in [0.05, 0.1) is 6.54 Å².